The van der Waals surface area contributed by atoms with E-state index >= 15 is 0 Å². The first-order chi connectivity index (χ1) is 10.9. The van der Waals surface area contributed by atoms with E-state index in [9.17, 15) is 9.59 Å². The number of rotatable bonds is 6. The fourth-order valence-electron chi connectivity index (χ4n) is 1.54. The van der Waals surface area contributed by atoms with Gasteiger partial charge in [0.05, 0.1) is 0 Å². The van der Waals surface area contributed by atoms with Crippen molar-refractivity contribution in [2.45, 2.75) is 17.7 Å². The van der Waals surface area contributed by atoms with E-state index in [1.54, 1.807) is 0 Å². The Bertz CT molecular complexity index is 722. The van der Waals surface area contributed by atoms with Crippen LogP contribution in [-0.2, 0) is 4.79 Å². The van der Waals surface area contributed by atoms with Crippen LogP contribution in [0.4, 0.5) is 15.6 Å². The van der Waals surface area contributed by atoms with Crippen molar-refractivity contribution < 1.29 is 9.59 Å². The van der Waals surface area contributed by atoms with Crippen LogP contribution in [0.2, 0.25) is 5.02 Å². The Labute approximate surface area is 146 Å². The zero-order chi connectivity index (χ0) is 16.8. The summed E-state index contributed by atoms with van der Waals surface area (Å²) in [6, 6.07) is 4.79. The lowest BCUT2D eigenvalue weighted by Crippen LogP contribution is -2.35. The maximum absolute atomic E-state index is 11.3. The number of anilines is 2. The predicted molar refractivity (Wildman–Crippen MR) is 92.4 cm³/mol. The van der Waals surface area contributed by atoms with E-state index in [2.05, 4.69) is 15.5 Å². The summed E-state index contributed by atoms with van der Waals surface area (Å²) in [7, 11) is 0. The molecule has 0 radical (unpaired) electrons. The number of hydrogen-bond donors (Lipinski definition) is 3. The summed E-state index contributed by atoms with van der Waals surface area (Å²) < 4.78 is 0.720. The van der Waals surface area contributed by atoms with Crippen molar-refractivity contribution in [1.29, 1.82) is 0 Å². The van der Waals surface area contributed by atoms with Crippen molar-refractivity contribution >= 4 is 57.5 Å². The molecule has 1 heterocycles. The summed E-state index contributed by atoms with van der Waals surface area (Å²) in [4.78, 5) is 21.8. The van der Waals surface area contributed by atoms with E-state index in [0.29, 0.717) is 15.9 Å². The molecule has 0 saturated heterocycles. The molecular formula is C13H14ClN5O2S2. The zero-order valence-corrected chi connectivity index (χ0v) is 14.5. The molecule has 0 atom stereocenters. The third kappa shape index (κ3) is 5.70. The van der Waals surface area contributed by atoms with Crippen LogP contribution >= 0.6 is 34.7 Å². The number of nitrogens with two attached hydrogens (primary N) is 1. The molecule has 1 aromatic heterocycles. The van der Waals surface area contributed by atoms with Gasteiger partial charge in [-0.1, -0.05) is 40.8 Å². The molecule has 23 heavy (non-hydrogen) atoms. The van der Waals surface area contributed by atoms with Gasteiger partial charge in [-0.3, -0.25) is 10.1 Å². The number of nitrogens with one attached hydrogen (secondary N) is 2. The first-order valence-electron chi connectivity index (χ1n) is 6.53. The van der Waals surface area contributed by atoms with Gasteiger partial charge >= 0.3 is 6.03 Å². The van der Waals surface area contributed by atoms with Gasteiger partial charge in [-0.05, 0) is 24.6 Å². The highest BCUT2D eigenvalue weighted by Crippen LogP contribution is 2.29. The largest absolute Gasteiger partial charge is 0.351 e. The summed E-state index contributed by atoms with van der Waals surface area (Å²) in [5, 5.41) is 14.5. The third-order valence-electron chi connectivity index (χ3n) is 2.65. The molecule has 0 unspecified atom stereocenters. The zero-order valence-electron chi connectivity index (χ0n) is 12.1. The molecule has 10 heteroatoms. The average Bonchev–Trinajstić information content (AvgIpc) is 2.89. The third-order valence-corrected chi connectivity index (χ3v) is 5.03. The second-order valence-electron chi connectivity index (χ2n) is 4.47. The molecule has 0 aliphatic rings. The van der Waals surface area contributed by atoms with Gasteiger partial charge in [0.15, 0.2) is 4.34 Å². The topological polar surface area (TPSA) is 110 Å². The number of halogens is 1. The minimum atomic E-state index is -0.848. The molecule has 0 fully saturated rings. The molecule has 0 spiro atoms. The Morgan fingerprint density at radius 2 is 2.17 bits per heavy atom. The van der Waals surface area contributed by atoms with Crippen LogP contribution in [0.5, 0.6) is 0 Å². The summed E-state index contributed by atoms with van der Waals surface area (Å²) in [5.74, 6) is 0.0616. The molecule has 3 amide bonds. The summed E-state index contributed by atoms with van der Waals surface area (Å²) in [6.07, 6.45) is 0.170. The van der Waals surface area contributed by atoms with Crippen LogP contribution in [0.3, 0.4) is 0 Å². The Kier molecular flexibility index (Phi) is 6.20. The second-order valence-corrected chi connectivity index (χ2v) is 7.20. The number of primary amides is 1. The van der Waals surface area contributed by atoms with Crippen LogP contribution in [0.15, 0.2) is 22.5 Å². The van der Waals surface area contributed by atoms with Crippen molar-refractivity contribution in [3.63, 3.8) is 0 Å². The molecule has 0 aliphatic carbocycles. The van der Waals surface area contributed by atoms with E-state index < -0.39 is 11.9 Å². The minimum absolute atomic E-state index is 0.170. The summed E-state index contributed by atoms with van der Waals surface area (Å²) in [5.41, 5.74) is 6.68. The number of hydrogen-bond acceptors (Lipinski definition) is 7. The van der Waals surface area contributed by atoms with Crippen LogP contribution in [0.1, 0.15) is 12.0 Å². The second kappa shape index (κ2) is 8.14. The fraction of sp³-hybridized carbons (Fsp3) is 0.231. The van der Waals surface area contributed by atoms with Crippen LogP contribution < -0.4 is 16.4 Å². The van der Waals surface area contributed by atoms with E-state index in [1.807, 2.05) is 30.4 Å². The van der Waals surface area contributed by atoms with Gasteiger partial charge < -0.3 is 11.1 Å². The number of thioether (sulfide) groups is 1. The number of aromatic nitrogens is 2. The smallest absolute Gasteiger partial charge is 0.318 e. The van der Waals surface area contributed by atoms with Gasteiger partial charge in [-0.25, -0.2) is 4.79 Å². The van der Waals surface area contributed by atoms with Crippen molar-refractivity contribution in [3.05, 3.63) is 28.8 Å². The maximum Gasteiger partial charge on any atom is 0.318 e. The number of imide groups is 1. The molecule has 122 valence electrons. The van der Waals surface area contributed by atoms with Crippen molar-refractivity contribution in [2.24, 2.45) is 5.73 Å². The van der Waals surface area contributed by atoms with Crippen LogP contribution in [-0.4, -0.2) is 27.9 Å². The SMILES string of the molecule is Cc1ccc(Nc2nnc(SCCC(=O)NC(N)=O)s2)cc1Cl. The highest BCUT2D eigenvalue weighted by Gasteiger charge is 2.08. The van der Waals surface area contributed by atoms with E-state index in [1.165, 1.54) is 23.1 Å². The van der Waals surface area contributed by atoms with Crippen LogP contribution in [0.25, 0.3) is 0 Å². The first kappa shape index (κ1) is 17.5. The number of carbonyl (C=O) groups excluding carboxylic acids is 2. The standard InChI is InChI=1S/C13H14ClN5O2S2/c1-7-2-3-8(6-9(7)14)16-12-18-19-13(23-12)22-5-4-10(20)17-11(15)21/h2-3,6H,4-5H2,1H3,(H,16,18)(H3,15,17,20,21). The molecule has 1 aromatic carbocycles. The quantitative estimate of drug-likeness (QED) is 0.673. The van der Waals surface area contributed by atoms with E-state index in [0.717, 1.165) is 15.6 Å². The highest BCUT2D eigenvalue weighted by molar-refractivity contribution is 8.01. The van der Waals surface area contributed by atoms with Gasteiger partial charge in [0, 0.05) is 22.9 Å². The number of amides is 3. The minimum Gasteiger partial charge on any atom is -0.351 e. The van der Waals surface area contributed by atoms with Gasteiger partial charge in [-0.15, -0.1) is 10.2 Å². The average molecular weight is 372 g/mol. The Hall–Kier alpha value is -1.84. The maximum atomic E-state index is 11.3. The number of benzene rings is 1. The van der Waals surface area contributed by atoms with Gasteiger partial charge in [0.1, 0.15) is 0 Å². The summed E-state index contributed by atoms with van der Waals surface area (Å²) in [6.45, 7) is 1.93. The molecular weight excluding hydrogens is 358 g/mol. The monoisotopic (exact) mass is 371 g/mol. The number of urea groups is 1. The van der Waals surface area contributed by atoms with E-state index in [4.69, 9.17) is 17.3 Å². The highest BCUT2D eigenvalue weighted by atomic mass is 35.5. The Balaban J connectivity index is 1.84. The lowest BCUT2D eigenvalue weighted by Gasteiger charge is -2.03. The molecule has 0 bridgehead atoms. The van der Waals surface area contributed by atoms with Gasteiger partial charge in [0.25, 0.3) is 0 Å². The predicted octanol–water partition coefficient (Wildman–Crippen LogP) is 2.92. The van der Waals surface area contributed by atoms with Crippen molar-refractivity contribution in [2.75, 3.05) is 11.1 Å². The van der Waals surface area contributed by atoms with Gasteiger partial charge in [-0.2, -0.15) is 0 Å². The normalized spacial score (nSPS) is 10.3. The first-order valence-corrected chi connectivity index (χ1v) is 8.71. The Morgan fingerprint density at radius 1 is 1.39 bits per heavy atom. The Morgan fingerprint density at radius 3 is 2.87 bits per heavy atom. The fourth-order valence-corrected chi connectivity index (χ4v) is 3.50. The lowest BCUT2D eigenvalue weighted by molar-refractivity contribution is -0.119. The van der Waals surface area contributed by atoms with Crippen molar-refractivity contribution in [3.8, 4) is 0 Å². The molecule has 4 N–H and O–H groups in total. The number of aryl methyl sites for hydroxylation is 1. The van der Waals surface area contributed by atoms with E-state index in [-0.39, 0.29) is 6.42 Å². The molecule has 0 aliphatic heterocycles. The number of nitrogens with zero attached hydrogens (tertiary/aromatic N) is 2. The lowest BCUT2D eigenvalue weighted by atomic mass is 10.2. The van der Waals surface area contributed by atoms with Gasteiger partial charge in [0.2, 0.25) is 11.0 Å². The van der Waals surface area contributed by atoms with Crippen molar-refractivity contribution in [1.82, 2.24) is 15.5 Å². The summed E-state index contributed by atoms with van der Waals surface area (Å²) >= 11 is 8.82. The molecule has 0 saturated carbocycles. The molecule has 7 nitrogen and oxygen atoms in total. The molecule has 2 aromatic rings. The van der Waals surface area contributed by atoms with Crippen LogP contribution in [0, 0.1) is 6.92 Å². The molecule has 2 rings (SSSR count). The number of carbonyl (C=O) groups is 2.